The molecule has 0 saturated heterocycles. The number of carbonyl (C=O) groups is 2. The Morgan fingerprint density at radius 1 is 1.22 bits per heavy atom. The van der Waals surface area contributed by atoms with E-state index in [1.165, 1.54) is 22.1 Å². The van der Waals surface area contributed by atoms with Crippen molar-refractivity contribution < 1.29 is 9.59 Å². The maximum absolute atomic E-state index is 13.6. The maximum atomic E-state index is 13.6. The average molecular weight is 434 g/mol. The SMILES string of the molecule is CCN(CC)C(=O)[C@@H]1C=C2c3cccc4c3c(cn4C(=O)C3(C)CCC3C)C[C@H]2N(C)C1. The minimum Gasteiger partial charge on any atom is -0.343 e. The molecule has 2 aromatic rings. The van der Waals surface area contributed by atoms with Crippen LogP contribution in [0.3, 0.4) is 0 Å². The van der Waals surface area contributed by atoms with Crippen molar-refractivity contribution in [1.82, 2.24) is 14.4 Å². The number of carbonyl (C=O) groups excluding carboxylic acids is 2. The molecule has 2 aliphatic carbocycles. The highest BCUT2D eigenvalue weighted by Gasteiger charge is 2.47. The zero-order valence-corrected chi connectivity index (χ0v) is 20.0. The highest BCUT2D eigenvalue weighted by atomic mass is 16.2. The first-order valence-corrected chi connectivity index (χ1v) is 12.2. The smallest absolute Gasteiger partial charge is 0.237 e. The number of rotatable bonds is 4. The van der Waals surface area contributed by atoms with Gasteiger partial charge in [-0.2, -0.15) is 0 Å². The second-order valence-corrected chi connectivity index (χ2v) is 10.3. The molecule has 5 nitrogen and oxygen atoms in total. The quantitative estimate of drug-likeness (QED) is 0.715. The first kappa shape index (κ1) is 21.4. The van der Waals surface area contributed by atoms with Crippen LogP contribution in [0.25, 0.3) is 16.5 Å². The van der Waals surface area contributed by atoms with Gasteiger partial charge < -0.3 is 4.90 Å². The lowest BCUT2D eigenvalue weighted by atomic mass is 9.61. The molecule has 1 aromatic heterocycles. The van der Waals surface area contributed by atoms with Gasteiger partial charge in [-0.05, 0) is 68.8 Å². The molecule has 0 spiro atoms. The molecule has 170 valence electrons. The van der Waals surface area contributed by atoms with Crippen molar-refractivity contribution >= 4 is 28.3 Å². The summed E-state index contributed by atoms with van der Waals surface area (Å²) in [7, 11) is 2.13. The van der Waals surface area contributed by atoms with Gasteiger partial charge in [0.25, 0.3) is 0 Å². The Labute approximate surface area is 191 Å². The highest BCUT2D eigenvalue weighted by molar-refractivity contribution is 6.04. The van der Waals surface area contributed by atoms with E-state index >= 15 is 0 Å². The first-order chi connectivity index (χ1) is 15.3. The van der Waals surface area contributed by atoms with E-state index in [9.17, 15) is 9.59 Å². The lowest BCUT2D eigenvalue weighted by Crippen LogP contribution is -2.47. The van der Waals surface area contributed by atoms with Crippen molar-refractivity contribution in [3.05, 3.63) is 41.6 Å². The molecule has 0 bridgehead atoms. The van der Waals surface area contributed by atoms with Crippen molar-refractivity contribution in [3.8, 4) is 0 Å². The standard InChI is InChI=1S/C27H35N3O2/c1-6-29(7-2)25(31)19-13-21-20-9-8-10-22-24(20)18(14-23(21)28(5)15-19)16-30(22)26(32)27(4)12-11-17(27)3/h8-10,13,16-17,19,23H,6-7,11-12,14-15H2,1-5H3/t17?,19-,23-,27?/m1/s1. The van der Waals surface area contributed by atoms with Gasteiger partial charge in [-0.3, -0.25) is 19.1 Å². The van der Waals surface area contributed by atoms with Gasteiger partial charge in [-0.1, -0.05) is 32.1 Å². The minimum absolute atomic E-state index is 0.124. The van der Waals surface area contributed by atoms with Gasteiger partial charge in [0.05, 0.1) is 11.4 Å². The third-order valence-electron chi connectivity index (χ3n) is 8.67. The normalized spacial score (nSPS) is 29.3. The number of nitrogens with zero attached hydrogens (tertiary/aromatic N) is 3. The van der Waals surface area contributed by atoms with Crippen LogP contribution in [0.5, 0.6) is 0 Å². The Bertz CT molecular complexity index is 1130. The molecule has 1 aliphatic heterocycles. The van der Waals surface area contributed by atoms with E-state index in [0.717, 1.165) is 44.4 Å². The summed E-state index contributed by atoms with van der Waals surface area (Å²) in [5, 5.41) is 1.20. The second kappa shape index (κ2) is 7.58. The number of hydrogen-bond donors (Lipinski definition) is 0. The van der Waals surface area contributed by atoms with E-state index in [1.807, 2.05) is 23.3 Å². The van der Waals surface area contributed by atoms with Crippen LogP contribution in [0.1, 0.15) is 56.5 Å². The van der Waals surface area contributed by atoms with Crippen LogP contribution < -0.4 is 0 Å². The molecular weight excluding hydrogens is 398 g/mol. The van der Waals surface area contributed by atoms with Crippen LogP contribution in [0, 0.1) is 17.3 Å². The summed E-state index contributed by atoms with van der Waals surface area (Å²) < 4.78 is 1.93. The molecule has 1 fully saturated rings. The Morgan fingerprint density at radius 3 is 2.59 bits per heavy atom. The van der Waals surface area contributed by atoms with Gasteiger partial charge in [-0.15, -0.1) is 0 Å². The maximum Gasteiger partial charge on any atom is 0.237 e. The number of hydrogen-bond acceptors (Lipinski definition) is 3. The fraction of sp³-hybridized carbons (Fsp3) is 0.556. The monoisotopic (exact) mass is 433 g/mol. The molecular formula is C27H35N3O2. The van der Waals surface area contributed by atoms with E-state index in [4.69, 9.17) is 0 Å². The van der Waals surface area contributed by atoms with Gasteiger partial charge >= 0.3 is 0 Å². The first-order valence-electron chi connectivity index (χ1n) is 12.2. The predicted molar refractivity (Wildman–Crippen MR) is 129 cm³/mol. The van der Waals surface area contributed by atoms with E-state index < -0.39 is 0 Å². The Morgan fingerprint density at radius 2 is 1.97 bits per heavy atom. The fourth-order valence-electron chi connectivity index (χ4n) is 6.11. The Kier molecular flexibility index (Phi) is 5.08. The summed E-state index contributed by atoms with van der Waals surface area (Å²) in [5.41, 5.74) is 4.44. The molecule has 0 radical (unpaired) electrons. The number of aromatic nitrogens is 1. The average Bonchev–Trinajstić information content (AvgIpc) is 3.18. The van der Waals surface area contributed by atoms with Crippen LogP contribution in [-0.4, -0.2) is 58.9 Å². The number of likely N-dealkylation sites (N-methyl/N-ethyl adjacent to an activating group) is 1. The van der Waals surface area contributed by atoms with E-state index in [-0.39, 0.29) is 29.2 Å². The lowest BCUT2D eigenvalue weighted by molar-refractivity contribution is -0.134. The summed E-state index contributed by atoms with van der Waals surface area (Å²) in [6, 6.07) is 6.57. The molecule has 2 heterocycles. The van der Waals surface area contributed by atoms with Gasteiger partial charge in [0, 0.05) is 42.7 Å². The third kappa shape index (κ3) is 2.93. The molecule has 4 atom stereocenters. The van der Waals surface area contributed by atoms with Gasteiger partial charge in [-0.25, -0.2) is 0 Å². The van der Waals surface area contributed by atoms with Crippen LogP contribution in [0.4, 0.5) is 0 Å². The molecule has 32 heavy (non-hydrogen) atoms. The summed E-state index contributed by atoms with van der Waals surface area (Å²) in [6.45, 7) is 10.6. The molecule has 5 heteroatoms. The summed E-state index contributed by atoms with van der Waals surface area (Å²) in [6.07, 6.45) is 7.30. The molecule has 3 aliphatic rings. The molecule has 1 saturated carbocycles. The zero-order chi connectivity index (χ0) is 22.8. The van der Waals surface area contributed by atoms with Gasteiger partial charge in [0.15, 0.2) is 0 Å². The van der Waals surface area contributed by atoms with Crippen LogP contribution >= 0.6 is 0 Å². The lowest BCUT2D eigenvalue weighted by Gasteiger charge is -2.43. The number of amides is 1. The van der Waals surface area contributed by atoms with Crippen molar-refractivity contribution in [1.29, 1.82) is 0 Å². The summed E-state index contributed by atoms with van der Waals surface area (Å²) in [5.74, 6) is 0.741. The molecule has 5 rings (SSSR count). The summed E-state index contributed by atoms with van der Waals surface area (Å²) in [4.78, 5) is 31.0. The van der Waals surface area contributed by atoms with Crippen molar-refractivity contribution in [2.24, 2.45) is 17.3 Å². The van der Waals surface area contributed by atoms with Crippen molar-refractivity contribution in [2.45, 2.75) is 53.0 Å². The Hall–Kier alpha value is -2.40. The van der Waals surface area contributed by atoms with Crippen LogP contribution in [0.2, 0.25) is 0 Å². The molecule has 0 N–H and O–H groups in total. The van der Waals surface area contributed by atoms with E-state index in [1.54, 1.807) is 0 Å². The minimum atomic E-state index is -0.266. The number of benzene rings is 1. The predicted octanol–water partition coefficient (Wildman–Crippen LogP) is 4.46. The third-order valence-corrected chi connectivity index (χ3v) is 8.67. The van der Waals surface area contributed by atoms with Gasteiger partial charge in [0.1, 0.15) is 0 Å². The van der Waals surface area contributed by atoms with Crippen LogP contribution in [0.15, 0.2) is 30.5 Å². The molecule has 1 amide bonds. The van der Waals surface area contributed by atoms with Crippen molar-refractivity contribution in [3.63, 3.8) is 0 Å². The highest BCUT2D eigenvalue weighted by Crippen LogP contribution is 2.49. The molecule has 1 aromatic carbocycles. The van der Waals surface area contributed by atoms with Crippen molar-refractivity contribution in [2.75, 3.05) is 26.7 Å². The number of fused-ring (bicyclic) bond motifs is 2. The molecule has 2 unspecified atom stereocenters. The van der Waals surface area contributed by atoms with E-state index in [0.29, 0.717) is 5.92 Å². The zero-order valence-electron chi connectivity index (χ0n) is 20.0. The summed E-state index contributed by atoms with van der Waals surface area (Å²) >= 11 is 0. The second-order valence-electron chi connectivity index (χ2n) is 10.3. The topological polar surface area (TPSA) is 45.6 Å². The van der Waals surface area contributed by atoms with E-state index in [2.05, 4.69) is 56.3 Å². The van der Waals surface area contributed by atoms with Gasteiger partial charge in [0.2, 0.25) is 11.8 Å². The largest absolute Gasteiger partial charge is 0.343 e. The Balaban J connectivity index is 1.60. The van der Waals surface area contributed by atoms with Crippen LogP contribution in [-0.2, 0) is 11.2 Å². The fourth-order valence-corrected chi connectivity index (χ4v) is 6.11.